The molecule has 27 heavy (non-hydrogen) atoms. The van der Waals surface area contributed by atoms with Crippen LogP contribution in [0.2, 0.25) is 0 Å². The Morgan fingerprint density at radius 2 is 1.78 bits per heavy atom. The highest BCUT2D eigenvalue weighted by atomic mass is 35.5. The van der Waals surface area contributed by atoms with Gasteiger partial charge in [0.2, 0.25) is 5.95 Å². The van der Waals surface area contributed by atoms with Crippen molar-refractivity contribution in [2.24, 2.45) is 14.1 Å². The topological polar surface area (TPSA) is 97.3 Å². The maximum atomic E-state index is 12.7. The van der Waals surface area contributed by atoms with E-state index in [1.165, 1.54) is 11.6 Å². The Hall–Kier alpha value is -1.84. The second kappa shape index (κ2) is 9.91. The van der Waals surface area contributed by atoms with Crippen LogP contribution >= 0.6 is 12.4 Å². The number of hydrogen-bond donors (Lipinski definition) is 2. The van der Waals surface area contributed by atoms with Gasteiger partial charge in [-0.1, -0.05) is 20.8 Å². The van der Waals surface area contributed by atoms with E-state index in [2.05, 4.69) is 29.0 Å². The van der Waals surface area contributed by atoms with Crippen molar-refractivity contribution in [3.05, 3.63) is 20.8 Å². The normalized spacial score (nSPS) is 12.4. The SMILES string of the molecule is CC[C@@H](CO)Nc1nc2c(c(=O)n(C)c(=O)n2C)n1CCN(CC)CC.Cl. The van der Waals surface area contributed by atoms with Crippen LogP contribution in [0.5, 0.6) is 0 Å². The zero-order valence-electron chi connectivity index (χ0n) is 16.7. The second-order valence-corrected chi connectivity index (χ2v) is 6.42. The van der Waals surface area contributed by atoms with Crippen molar-refractivity contribution in [1.29, 1.82) is 0 Å². The van der Waals surface area contributed by atoms with Crippen LogP contribution in [0.3, 0.4) is 0 Å². The molecule has 2 heterocycles. The highest BCUT2D eigenvalue weighted by Crippen LogP contribution is 2.17. The molecule has 2 aromatic rings. The van der Waals surface area contributed by atoms with Crippen molar-refractivity contribution in [2.75, 3.05) is 31.6 Å². The van der Waals surface area contributed by atoms with Crippen molar-refractivity contribution in [1.82, 2.24) is 23.6 Å². The van der Waals surface area contributed by atoms with Crippen molar-refractivity contribution >= 4 is 29.5 Å². The molecule has 0 radical (unpaired) electrons. The molecule has 0 fully saturated rings. The molecule has 2 rings (SSSR count). The molecule has 0 bridgehead atoms. The van der Waals surface area contributed by atoms with Gasteiger partial charge in [0.25, 0.3) is 5.56 Å². The van der Waals surface area contributed by atoms with E-state index in [1.54, 1.807) is 7.05 Å². The van der Waals surface area contributed by atoms with Gasteiger partial charge in [-0.15, -0.1) is 12.4 Å². The molecule has 1 atom stereocenters. The fourth-order valence-electron chi connectivity index (χ4n) is 3.02. The maximum Gasteiger partial charge on any atom is 0.332 e. The van der Waals surface area contributed by atoms with E-state index in [9.17, 15) is 14.7 Å². The number of rotatable bonds is 9. The number of likely N-dealkylation sites (N-methyl/N-ethyl adjacent to an activating group) is 1. The molecule has 0 unspecified atom stereocenters. The molecule has 0 spiro atoms. The Kier molecular flexibility index (Phi) is 8.52. The van der Waals surface area contributed by atoms with E-state index in [0.29, 0.717) is 30.1 Å². The number of aliphatic hydroxyl groups is 1. The van der Waals surface area contributed by atoms with Crippen LogP contribution in [0.1, 0.15) is 27.2 Å². The van der Waals surface area contributed by atoms with Gasteiger partial charge in [-0.05, 0) is 19.5 Å². The second-order valence-electron chi connectivity index (χ2n) is 6.42. The van der Waals surface area contributed by atoms with Crippen molar-refractivity contribution < 1.29 is 5.11 Å². The van der Waals surface area contributed by atoms with Gasteiger partial charge in [0, 0.05) is 27.2 Å². The first-order chi connectivity index (χ1) is 12.4. The number of anilines is 1. The van der Waals surface area contributed by atoms with Crippen molar-refractivity contribution in [3.8, 4) is 0 Å². The third-order valence-corrected chi connectivity index (χ3v) is 4.93. The summed E-state index contributed by atoms with van der Waals surface area (Å²) in [6, 6.07) is -0.167. The minimum atomic E-state index is -0.406. The number of aromatic nitrogens is 4. The number of hydrogen-bond acceptors (Lipinski definition) is 6. The molecular weight excluding hydrogens is 372 g/mol. The lowest BCUT2D eigenvalue weighted by atomic mass is 10.2. The lowest BCUT2D eigenvalue weighted by Crippen LogP contribution is -2.38. The predicted molar refractivity (Wildman–Crippen MR) is 110 cm³/mol. The summed E-state index contributed by atoms with van der Waals surface area (Å²) in [6.45, 7) is 9.27. The van der Waals surface area contributed by atoms with Gasteiger partial charge in [-0.3, -0.25) is 13.9 Å². The average molecular weight is 403 g/mol. The molecule has 0 aliphatic heterocycles. The molecule has 0 aliphatic rings. The zero-order valence-corrected chi connectivity index (χ0v) is 17.5. The van der Waals surface area contributed by atoms with Crippen molar-refractivity contribution in [2.45, 2.75) is 39.8 Å². The van der Waals surface area contributed by atoms with Gasteiger partial charge in [0.1, 0.15) is 0 Å². The first-order valence-corrected chi connectivity index (χ1v) is 9.15. The minimum Gasteiger partial charge on any atom is -0.394 e. The maximum absolute atomic E-state index is 12.7. The van der Waals surface area contributed by atoms with Gasteiger partial charge in [-0.25, -0.2) is 4.79 Å². The Morgan fingerprint density at radius 3 is 2.30 bits per heavy atom. The van der Waals surface area contributed by atoms with E-state index in [-0.39, 0.29) is 30.6 Å². The van der Waals surface area contributed by atoms with Crippen LogP contribution in [-0.4, -0.2) is 61.0 Å². The molecule has 0 aromatic carbocycles. The van der Waals surface area contributed by atoms with E-state index < -0.39 is 5.69 Å². The third-order valence-electron chi connectivity index (χ3n) is 4.93. The lowest BCUT2D eigenvalue weighted by molar-refractivity contribution is 0.270. The third kappa shape index (κ3) is 4.53. The Labute approximate surface area is 165 Å². The number of fused-ring (bicyclic) bond motifs is 1. The Bertz CT molecular complexity index is 864. The Morgan fingerprint density at radius 1 is 1.15 bits per heavy atom. The van der Waals surface area contributed by atoms with Crippen LogP contribution in [0.25, 0.3) is 11.2 Å². The van der Waals surface area contributed by atoms with Gasteiger partial charge in [0.05, 0.1) is 12.6 Å². The number of nitrogens with one attached hydrogen (secondary N) is 1. The molecule has 2 aromatic heterocycles. The van der Waals surface area contributed by atoms with Gasteiger partial charge in [-0.2, -0.15) is 4.98 Å². The quantitative estimate of drug-likeness (QED) is 0.629. The summed E-state index contributed by atoms with van der Waals surface area (Å²) >= 11 is 0. The van der Waals surface area contributed by atoms with Gasteiger partial charge < -0.3 is 19.9 Å². The van der Waals surface area contributed by atoms with Crippen LogP contribution in [0.4, 0.5) is 5.95 Å². The zero-order chi connectivity index (χ0) is 19.4. The van der Waals surface area contributed by atoms with E-state index in [0.717, 1.165) is 24.2 Å². The first kappa shape index (κ1) is 23.2. The first-order valence-electron chi connectivity index (χ1n) is 9.15. The summed E-state index contributed by atoms with van der Waals surface area (Å²) in [5.74, 6) is 0.506. The summed E-state index contributed by atoms with van der Waals surface area (Å²) in [6.07, 6.45) is 0.715. The summed E-state index contributed by atoms with van der Waals surface area (Å²) in [7, 11) is 3.08. The molecule has 0 saturated carbocycles. The molecule has 10 heteroatoms. The predicted octanol–water partition coefficient (Wildman–Crippen LogP) is 0.380. The number of aryl methyl sites for hydroxylation is 1. The standard InChI is InChI=1S/C17H30N6O3.ClH/c1-6-12(11-24)18-16-19-14-13(15(25)21(5)17(26)20(14)4)23(16)10-9-22(7-2)8-3;/h12,24H,6-11H2,1-5H3,(H,18,19);1H/t12-;/m0./s1. The summed E-state index contributed by atoms with van der Waals surface area (Å²) in [5.41, 5.74) is -0.0122. The fourth-order valence-corrected chi connectivity index (χ4v) is 3.02. The molecular formula is C17H31ClN6O3. The van der Waals surface area contributed by atoms with Crippen LogP contribution in [-0.2, 0) is 20.6 Å². The molecule has 2 N–H and O–H groups in total. The molecule has 0 saturated heterocycles. The lowest BCUT2D eigenvalue weighted by Gasteiger charge is -2.20. The smallest absolute Gasteiger partial charge is 0.332 e. The number of imidazole rings is 1. The Balaban J connectivity index is 0.00000364. The highest BCUT2D eigenvalue weighted by molar-refractivity contribution is 5.85. The molecule has 154 valence electrons. The van der Waals surface area contributed by atoms with Crippen LogP contribution < -0.4 is 16.6 Å². The number of halogens is 1. The van der Waals surface area contributed by atoms with E-state index >= 15 is 0 Å². The largest absolute Gasteiger partial charge is 0.394 e. The average Bonchev–Trinajstić information content (AvgIpc) is 3.01. The molecule has 0 aliphatic carbocycles. The van der Waals surface area contributed by atoms with Crippen LogP contribution in [0, 0.1) is 0 Å². The summed E-state index contributed by atoms with van der Waals surface area (Å²) in [5, 5.41) is 12.7. The van der Waals surface area contributed by atoms with Crippen molar-refractivity contribution in [3.63, 3.8) is 0 Å². The summed E-state index contributed by atoms with van der Waals surface area (Å²) in [4.78, 5) is 31.7. The van der Waals surface area contributed by atoms with Crippen LogP contribution in [0.15, 0.2) is 9.59 Å². The summed E-state index contributed by atoms with van der Waals surface area (Å²) < 4.78 is 4.31. The minimum absolute atomic E-state index is 0. The monoisotopic (exact) mass is 402 g/mol. The molecule has 9 nitrogen and oxygen atoms in total. The number of aliphatic hydroxyl groups excluding tert-OH is 1. The van der Waals surface area contributed by atoms with E-state index in [1.807, 2.05) is 11.5 Å². The highest BCUT2D eigenvalue weighted by Gasteiger charge is 2.20. The number of nitrogens with zero attached hydrogens (tertiary/aromatic N) is 5. The molecule has 0 amide bonds. The van der Waals surface area contributed by atoms with Gasteiger partial charge in [0.15, 0.2) is 11.2 Å². The van der Waals surface area contributed by atoms with E-state index in [4.69, 9.17) is 0 Å². The van der Waals surface area contributed by atoms with Gasteiger partial charge >= 0.3 is 5.69 Å². The fraction of sp³-hybridized carbons (Fsp3) is 0.706.